The summed E-state index contributed by atoms with van der Waals surface area (Å²) in [5.41, 5.74) is 2.93. The van der Waals surface area contributed by atoms with Crippen LogP contribution in [0.4, 0.5) is 0 Å². The molecule has 0 saturated carbocycles. The second-order valence-corrected chi connectivity index (χ2v) is 5.23. The van der Waals surface area contributed by atoms with Crippen LogP contribution in [0.25, 0.3) is 0 Å². The van der Waals surface area contributed by atoms with E-state index in [4.69, 9.17) is 0 Å². The standard InChI is InChI=1S/C16H21N3O2/c1-4-13-7-5-6-8-14(13)15(16(20)21)18(2)10-12-9-17-19(3)11-12/h5-9,11,15H,4,10H2,1-3H3,(H,20,21). The molecule has 1 N–H and O–H groups in total. The fraction of sp³-hybridized carbons (Fsp3) is 0.375. The molecule has 0 radical (unpaired) electrons. The molecule has 0 bridgehead atoms. The summed E-state index contributed by atoms with van der Waals surface area (Å²) in [6.45, 7) is 2.59. The van der Waals surface area contributed by atoms with Gasteiger partial charge in [-0.1, -0.05) is 31.2 Å². The summed E-state index contributed by atoms with van der Waals surface area (Å²) >= 11 is 0. The average molecular weight is 287 g/mol. The first kappa shape index (κ1) is 15.3. The SMILES string of the molecule is CCc1ccccc1C(C(=O)O)N(C)Cc1cnn(C)c1. The number of rotatable bonds is 6. The third kappa shape index (κ3) is 3.49. The van der Waals surface area contributed by atoms with E-state index in [-0.39, 0.29) is 0 Å². The molecule has 1 atom stereocenters. The van der Waals surface area contributed by atoms with Crippen molar-refractivity contribution in [3.8, 4) is 0 Å². The Morgan fingerprint density at radius 3 is 2.71 bits per heavy atom. The Bertz CT molecular complexity index is 621. The van der Waals surface area contributed by atoms with E-state index in [1.54, 1.807) is 10.9 Å². The lowest BCUT2D eigenvalue weighted by atomic mass is 9.97. The van der Waals surface area contributed by atoms with E-state index < -0.39 is 12.0 Å². The van der Waals surface area contributed by atoms with Crippen molar-refractivity contribution in [2.75, 3.05) is 7.05 Å². The van der Waals surface area contributed by atoms with E-state index in [2.05, 4.69) is 5.10 Å². The van der Waals surface area contributed by atoms with Gasteiger partial charge in [-0.2, -0.15) is 5.10 Å². The summed E-state index contributed by atoms with van der Waals surface area (Å²) in [5.74, 6) is -0.831. The molecule has 21 heavy (non-hydrogen) atoms. The number of aromatic nitrogens is 2. The smallest absolute Gasteiger partial charge is 0.325 e. The molecule has 0 spiro atoms. The molecule has 0 aliphatic heterocycles. The Balaban J connectivity index is 2.28. The second-order valence-electron chi connectivity index (χ2n) is 5.23. The Morgan fingerprint density at radius 2 is 2.14 bits per heavy atom. The lowest BCUT2D eigenvalue weighted by molar-refractivity contribution is -0.143. The van der Waals surface area contributed by atoms with Crippen LogP contribution in [0.15, 0.2) is 36.7 Å². The number of aryl methyl sites for hydroxylation is 2. The van der Waals surface area contributed by atoms with E-state index in [1.165, 1.54) is 0 Å². The summed E-state index contributed by atoms with van der Waals surface area (Å²) in [4.78, 5) is 13.6. The van der Waals surface area contributed by atoms with Crippen LogP contribution < -0.4 is 0 Å². The van der Waals surface area contributed by atoms with Crippen molar-refractivity contribution in [1.29, 1.82) is 0 Å². The first-order valence-corrected chi connectivity index (χ1v) is 7.01. The molecule has 1 heterocycles. The van der Waals surface area contributed by atoms with Crippen LogP contribution in [0, 0.1) is 0 Å². The van der Waals surface area contributed by atoms with Crippen molar-refractivity contribution in [1.82, 2.24) is 14.7 Å². The molecule has 0 fully saturated rings. The average Bonchev–Trinajstić information content (AvgIpc) is 2.84. The predicted molar refractivity (Wildman–Crippen MR) is 80.9 cm³/mol. The number of carbonyl (C=O) groups is 1. The lowest BCUT2D eigenvalue weighted by Crippen LogP contribution is -2.31. The van der Waals surface area contributed by atoms with Crippen LogP contribution in [0.3, 0.4) is 0 Å². The van der Waals surface area contributed by atoms with Gasteiger partial charge >= 0.3 is 5.97 Å². The summed E-state index contributed by atoms with van der Waals surface area (Å²) < 4.78 is 1.72. The number of benzene rings is 1. The highest BCUT2D eigenvalue weighted by molar-refractivity contribution is 5.76. The third-order valence-electron chi connectivity index (χ3n) is 3.60. The molecular weight excluding hydrogens is 266 g/mol. The van der Waals surface area contributed by atoms with Gasteiger partial charge in [0.1, 0.15) is 6.04 Å². The zero-order valence-corrected chi connectivity index (χ0v) is 12.7. The summed E-state index contributed by atoms with van der Waals surface area (Å²) in [6, 6.07) is 7.08. The fourth-order valence-corrected chi connectivity index (χ4v) is 2.61. The lowest BCUT2D eigenvalue weighted by Gasteiger charge is -2.26. The van der Waals surface area contributed by atoms with Crippen molar-refractivity contribution in [2.45, 2.75) is 25.9 Å². The highest BCUT2D eigenvalue weighted by Gasteiger charge is 2.26. The molecule has 0 aliphatic rings. The van der Waals surface area contributed by atoms with Gasteiger partial charge in [0.25, 0.3) is 0 Å². The van der Waals surface area contributed by atoms with Crippen molar-refractivity contribution < 1.29 is 9.90 Å². The molecule has 1 aromatic heterocycles. The predicted octanol–water partition coefficient (Wildman–Crippen LogP) is 2.24. The maximum absolute atomic E-state index is 11.7. The van der Waals surface area contributed by atoms with Crippen LogP contribution in [-0.2, 0) is 24.8 Å². The van der Waals surface area contributed by atoms with Crippen LogP contribution >= 0.6 is 0 Å². The minimum atomic E-state index is -0.831. The van der Waals surface area contributed by atoms with E-state index in [0.717, 1.165) is 23.1 Å². The zero-order chi connectivity index (χ0) is 15.4. The molecule has 1 aromatic carbocycles. The largest absolute Gasteiger partial charge is 0.480 e. The molecule has 0 saturated heterocycles. The molecule has 2 rings (SSSR count). The van der Waals surface area contributed by atoms with Gasteiger partial charge in [0.15, 0.2) is 0 Å². The molecule has 5 nitrogen and oxygen atoms in total. The van der Waals surface area contributed by atoms with Gasteiger partial charge in [-0.3, -0.25) is 14.4 Å². The van der Waals surface area contributed by atoms with Gasteiger partial charge in [0.2, 0.25) is 0 Å². The first-order valence-electron chi connectivity index (χ1n) is 7.01. The van der Waals surface area contributed by atoms with Gasteiger partial charge in [-0.15, -0.1) is 0 Å². The van der Waals surface area contributed by atoms with Gasteiger partial charge in [0, 0.05) is 25.4 Å². The monoisotopic (exact) mass is 287 g/mol. The topological polar surface area (TPSA) is 58.4 Å². The second kappa shape index (κ2) is 6.54. The highest BCUT2D eigenvalue weighted by atomic mass is 16.4. The molecular formula is C16H21N3O2. The fourth-order valence-electron chi connectivity index (χ4n) is 2.61. The third-order valence-corrected chi connectivity index (χ3v) is 3.60. The summed E-state index contributed by atoms with van der Waals surface area (Å²) in [6.07, 6.45) is 4.49. The molecule has 2 aromatic rings. The zero-order valence-electron chi connectivity index (χ0n) is 12.7. The summed E-state index contributed by atoms with van der Waals surface area (Å²) in [7, 11) is 3.68. The van der Waals surface area contributed by atoms with Crippen LogP contribution in [-0.4, -0.2) is 32.8 Å². The maximum Gasteiger partial charge on any atom is 0.325 e. The number of likely N-dealkylation sites (N-methyl/N-ethyl adjacent to an activating group) is 1. The van der Waals surface area contributed by atoms with Gasteiger partial charge in [-0.05, 0) is 24.6 Å². The number of carboxylic acids is 1. The van der Waals surface area contributed by atoms with Crippen molar-refractivity contribution in [2.24, 2.45) is 7.05 Å². The van der Waals surface area contributed by atoms with Gasteiger partial charge in [0.05, 0.1) is 6.20 Å². The van der Waals surface area contributed by atoms with Crippen molar-refractivity contribution in [3.05, 3.63) is 53.3 Å². The number of hydrogen-bond donors (Lipinski definition) is 1. The van der Waals surface area contributed by atoms with Crippen LogP contribution in [0.5, 0.6) is 0 Å². The summed E-state index contributed by atoms with van der Waals surface area (Å²) in [5, 5.41) is 13.8. The van der Waals surface area contributed by atoms with Gasteiger partial charge in [-0.25, -0.2) is 0 Å². The maximum atomic E-state index is 11.7. The van der Waals surface area contributed by atoms with E-state index in [0.29, 0.717) is 6.54 Å². The molecule has 1 unspecified atom stereocenters. The van der Waals surface area contributed by atoms with Crippen LogP contribution in [0.2, 0.25) is 0 Å². The Morgan fingerprint density at radius 1 is 1.43 bits per heavy atom. The number of hydrogen-bond acceptors (Lipinski definition) is 3. The highest BCUT2D eigenvalue weighted by Crippen LogP contribution is 2.25. The Labute approximate surface area is 124 Å². The molecule has 0 amide bonds. The van der Waals surface area contributed by atoms with Crippen molar-refractivity contribution >= 4 is 5.97 Å². The molecule has 5 heteroatoms. The quantitative estimate of drug-likeness (QED) is 0.885. The normalized spacial score (nSPS) is 12.6. The van der Waals surface area contributed by atoms with E-state index >= 15 is 0 Å². The molecule has 112 valence electrons. The number of carboxylic acid groups (broad SMARTS) is 1. The Hall–Kier alpha value is -2.14. The first-order chi connectivity index (χ1) is 10.0. The van der Waals surface area contributed by atoms with Gasteiger partial charge < -0.3 is 5.11 Å². The molecule has 0 aliphatic carbocycles. The minimum absolute atomic E-state index is 0.544. The Kier molecular flexibility index (Phi) is 4.75. The number of aliphatic carboxylic acids is 1. The van der Waals surface area contributed by atoms with Crippen LogP contribution in [0.1, 0.15) is 29.7 Å². The van der Waals surface area contributed by atoms with Crippen molar-refractivity contribution in [3.63, 3.8) is 0 Å². The van der Waals surface area contributed by atoms with E-state index in [9.17, 15) is 9.90 Å². The minimum Gasteiger partial charge on any atom is -0.480 e. The van der Waals surface area contributed by atoms with E-state index in [1.807, 2.05) is 56.4 Å². The number of nitrogens with zero attached hydrogens (tertiary/aromatic N) is 3.